The molecular formula is C17H18ClNOS. The highest BCUT2D eigenvalue weighted by molar-refractivity contribution is 7.12. The molecule has 110 valence electrons. The lowest BCUT2D eigenvalue weighted by molar-refractivity contribution is 0.0956. The summed E-state index contributed by atoms with van der Waals surface area (Å²) in [4.78, 5) is 14.6. The van der Waals surface area contributed by atoms with Crippen molar-refractivity contribution in [3.8, 4) is 0 Å². The minimum atomic E-state index is -0.184. The molecule has 4 heteroatoms. The van der Waals surface area contributed by atoms with Crippen molar-refractivity contribution in [2.45, 2.75) is 31.6 Å². The number of fused-ring (bicyclic) bond motifs is 1. The van der Waals surface area contributed by atoms with Crippen LogP contribution in [-0.2, 0) is 12.8 Å². The van der Waals surface area contributed by atoms with Crippen molar-refractivity contribution >= 4 is 28.8 Å². The second-order valence-electron chi connectivity index (χ2n) is 5.30. The van der Waals surface area contributed by atoms with E-state index in [9.17, 15) is 4.79 Å². The minimum absolute atomic E-state index is 0.0219. The SMILES string of the molecule is CCc1ccc(C(Cl)c2ccc3c(c2)C(=O)NCCC3)s1. The van der Waals surface area contributed by atoms with Crippen molar-refractivity contribution in [1.29, 1.82) is 0 Å². The lowest BCUT2D eigenvalue weighted by Crippen LogP contribution is -2.22. The summed E-state index contributed by atoms with van der Waals surface area (Å²) in [6, 6.07) is 10.3. The highest BCUT2D eigenvalue weighted by atomic mass is 35.5. The van der Waals surface area contributed by atoms with E-state index in [2.05, 4.69) is 36.5 Å². The molecule has 0 saturated heterocycles. The Labute approximate surface area is 134 Å². The molecule has 0 saturated carbocycles. The van der Waals surface area contributed by atoms with E-state index in [1.165, 1.54) is 4.88 Å². The molecule has 0 radical (unpaired) electrons. The zero-order valence-electron chi connectivity index (χ0n) is 12.0. The third kappa shape index (κ3) is 2.99. The van der Waals surface area contributed by atoms with Gasteiger partial charge in [0.2, 0.25) is 0 Å². The van der Waals surface area contributed by atoms with E-state index in [0.717, 1.165) is 47.4 Å². The van der Waals surface area contributed by atoms with Crippen molar-refractivity contribution in [1.82, 2.24) is 5.32 Å². The molecule has 0 fully saturated rings. The number of nitrogens with one attached hydrogen (secondary N) is 1. The maximum atomic E-state index is 12.1. The molecule has 1 aliphatic heterocycles. The Kier molecular flexibility index (Phi) is 4.32. The van der Waals surface area contributed by atoms with Gasteiger partial charge in [0.25, 0.3) is 5.91 Å². The van der Waals surface area contributed by atoms with E-state index in [4.69, 9.17) is 11.6 Å². The van der Waals surface area contributed by atoms with Gasteiger partial charge in [0.15, 0.2) is 0 Å². The van der Waals surface area contributed by atoms with Crippen molar-refractivity contribution in [2.24, 2.45) is 0 Å². The first-order valence-electron chi connectivity index (χ1n) is 7.32. The van der Waals surface area contributed by atoms with Gasteiger partial charge in [-0.2, -0.15) is 0 Å². The van der Waals surface area contributed by atoms with Crippen LogP contribution in [0.1, 0.15) is 50.0 Å². The van der Waals surface area contributed by atoms with Crippen molar-refractivity contribution in [2.75, 3.05) is 6.54 Å². The fraction of sp³-hybridized carbons (Fsp3) is 0.353. The summed E-state index contributed by atoms with van der Waals surface area (Å²) in [6.07, 6.45) is 2.97. The Bertz CT molecular complexity index is 665. The standard InChI is InChI=1S/C17H18ClNOS/c1-2-13-7-8-15(21-13)16(18)12-6-5-11-4-3-9-19-17(20)14(11)10-12/h5-8,10,16H,2-4,9H2,1H3,(H,19,20). The zero-order valence-corrected chi connectivity index (χ0v) is 13.6. The summed E-state index contributed by atoms with van der Waals surface area (Å²) in [5.74, 6) is 0.0219. The van der Waals surface area contributed by atoms with E-state index >= 15 is 0 Å². The summed E-state index contributed by atoms with van der Waals surface area (Å²) in [7, 11) is 0. The number of carbonyl (C=O) groups is 1. The van der Waals surface area contributed by atoms with Gasteiger partial charge in [-0.1, -0.05) is 19.1 Å². The van der Waals surface area contributed by atoms with E-state index in [1.54, 1.807) is 11.3 Å². The van der Waals surface area contributed by atoms with Crippen LogP contribution in [0, 0.1) is 0 Å². The molecule has 3 rings (SSSR count). The third-order valence-corrected chi connectivity index (χ3v) is 5.77. The Morgan fingerprint density at radius 1 is 1.33 bits per heavy atom. The predicted molar refractivity (Wildman–Crippen MR) is 88.5 cm³/mol. The summed E-state index contributed by atoms with van der Waals surface area (Å²) >= 11 is 8.36. The molecule has 1 aromatic heterocycles. The first kappa shape index (κ1) is 14.6. The molecule has 1 aliphatic rings. The van der Waals surface area contributed by atoms with Gasteiger partial charge in [-0.25, -0.2) is 0 Å². The van der Waals surface area contributed by atoms with Crippen LogP contribution in [0.25, 0.3) is 0 Å². The largest absolute Gasteiger partial charge is 0.352 e. The maximum absolute atomic E-state index is 12.1. The van der Waals surface area contributed by atoms with Crippen LogP contribution in [0.3, 0.4) is 0 Å². The normalized spacial score (nSPS) is 16.0. The number of carbonyl (C=O) groups excluding carboxylic acids is 1. The van der Waals surface area contributed by atoms with Crippen LogP contribution in [0.4, 0.5) is 0 Å². The van der Waals surface area contributed by atoms with Gasteiger partial charge < -0.3 is 5.32 Å². The molecule has 1 aromatic carbocycles. The Morgan fingerprint density at radius 2 is 2.19 bits per heavy atom. The quantitative estimate of drug-likeness (QED) is 0.839. The number of hydrogen-bond donors (Lipinski definition) is 1. The molecule has 21 heavy (non-hydrogen) atoms. The molecule has 1 atom stereocenters. The number of amides is 1. The monoisotopic (exact) mass is 319 g/mol. The average molecular weight is 320 g/mol. The van der Waals surface area contributed by atoms with Crippen LogP contribution in [0.5, 0.6) is 0 Å². The molecule has 2 nitrogen and oxygen atoms in total. The van der Waals surface area contributed by atoms with Gasteiger partial charge in [-0.3, -0.25) is 4.79 Å². The fourth-order valence-corrected chi connectivity index (χ4v) is 3.94. The summed E-state index contributed by atoms with van der Waals surface area (Å²) in [5, 5.41) is 2.76. The summed E-state index contributed by atoms with van der Waals surface area (Å²) < 4.78 is 0. The van der Waals surface area contributed by atoms with E-state index in [0.29, 0.717) is 0 Å². The topological polar surface area (TPSA) is 29.1 Å². The van der Waals surface area contributed by atoms with E-state index in [1.807, 2.05) is 6.07 Å². The summed E-state index contributed by atoms with van der Waals surface area (Å²) in [6.45, 7) is 2.89. The number of rotatable bonds is 3. The molecule has 0 spiro atoms. The van der Waals surface area contributed by atoms with Crippen molar-refractivity contribution < 1.29 is 4.79 Å². The molecule has 1 unspecified atom stereocenters. The van der Waals surface area contributed by atoms with Crippen LogP contribution in [0.2, 0.25) is 0 Å². The van der Waals surface area contributed by atoms with Crippen LogP contribution < -0.4 is 5.32 Å². The predicted octanol–water partition coefficient (Wildman–Crippen LogP) is 4.31. The minimum Gasteiger partial charge on any atom is -0.352 e. The molecule has 2 heterocycles. The molecule has 2 aromatic rings. The number of aryl methyl sites for hydroxylation is 2. The smallest absolute Gasteiger partial charge is 0.251 e. The molecule has 1 amide bonds. The van der Waals surface area contributed by atoms with Gasteiger partial charge in [-0.15, -0.1) is 22.9 Å². The highest BCUT2D eigenvalue weighted by Crippen LogP contribution is 2.35. The fourth-order valence-electron chi connectivity index (χ4n) is 2.64. The Balaban J connectivity index is 1.93. The van der Waals surface area contributed by atoms with Crippen LogP contribution >= 0.6 is 22.9 Å². The average Bonchev–Trinajstić information content (AvgIpc) is 2.92. The number of alkyl halides is 1. The lowest BCUT2D eigenvalue weighted by atomic mass is 9.99. The number of hydrogen-bond acceptors (Lipinski definition) is 2. The van der Waals surface area contributed by atoms with Crippen molar-refractivity contribution in [3.05, 3.63) is 56.8 Å². The lowest BCUT2D eigenvalue weighted by Gasteiger charge is -2.11. The van der Waals surface area contributed by atoms with Crippen molar-refractivity contribution in [3.63, 3.8) is 0 Å². The van der Waals surface area contributed by atoms with E-state index in [-0.39, 0.29) is 11.3 Å². The van der Waals surface area contributed by atoms with Gasteiger partial charge in [0, 0.05) is 21.9 Å². The molecule has 0 bridgehead atoms. The van der Waals surface area contributed by atoms with Crippen LogP contribution in [-0.4, -0.2) is 12.5 Å². The summed E-state index contributed by atoms with van der Waals surface area (Å²) in [5.41, 5.74) is 2.90. The Hall–Kier alpha value is -1.32. The second kappa shape index (κ2) is 6.20. The molecule has 1 N–H and O–H groups in total. The zero-order chi connectivity index (χ0) is 14.8. The Morgan fingerprint density at radius 3 is 2.95 bits per heavy atom. The van der Waals surface area contributed by atoms with Gasteiger partial charge in [-0.05, 0) is 48.6 Å². The number of halogens is 1. The first-order valence-corrected chi connectivity index (χ1v) is 8.58. The number of thiophene rings is 1. The maximum Gasteiger partial charge on any atom is 0.251 e. The third-order valence-electron chi connectivity index (χ3n) is 3.86. The molecule has 0 aliphatic carbocycles. The van der Waals surface area contributed by atoms with Gasteiger partial charge >= 0.3 is 0 Å². The van der Waals surface area contributed by atoms with Gasteiger partial charge in [0.05, 0.1) is 5.38 Å². The number of benzene rings is 1. The highest BCUT2D eigenvalue weighted by Gasteiger charge is 2.19. The second-order valence-corrected chi connectivity index (χ2v) is 6.93. The molecular weight excluding hydrogens is 302 g/mol. The first-order chi connectivity index (χ1) is 10.2. The van der Waals surface area contributed by atoms with Crippen LogP contribution in [0.15, 0.2) is 30.3 Å². The van der Waals surface area contributed by atoms with Gasteiger partial charge in [0.1, 0.15) is 0 Å². The van der Waals surface area contributed by atoms with E-state index < -0.39 is 0 Å².